The molecule has 4 rings (SSSR count). The Morgan fingerprint density at radius 1 is 1.18 bits per heavy atom. The highest BCUT2D eigenvalue weighted by Crippen LogP contribution is 2.47. The first-order valence-electron chi connectivity index (χ1n) is 12.1. The second kappa shape index (κ2) is 10.5. The molecular weight excluding hydrogens is 457 g/mol. The van der Waals surface area contributed by atoms with Crippen molar-refractivity contribution in [1.82, 2.24) is 24.4 Å². The van der Waals surface area contributed by atoms with E-state index in [0.29, 0.717) is 24.6 Å². The Morgan fingerprint density at radius 3 is 2.44 bits per heavy atom. The standard InChI is InChI=1S/C24H34FN5O3S/c1-34(32,33)28-22(15-19-7-9-21(25)10-8-19)23(31)29-13-11-24(12-14-29,16-30-18-26-17-27-30)20-5-3-2-4-6-20/h7-10,17-18,20,22,28H,2-6,11-16H2,1H3/t22-/m0/s1. The van der Waals surface area contributed by atoms with E-state index in [9.17, 15) is 17.6 Å². The van der Waals surface area contributed by atoms with Crippen LogP contribution in [0.15, 0.2) is 36.9 Å². The molecule has 1 amide bonds. The number of sulfonamides is 1. The zero-order valence-corrected chi connectivity index (χ0v) is 20.5. The molecule has 34 heavy (non-hydrogen) atoms. The lowest BCUT2D eigenvalue weighted by Crippen LogP contribution is -2.54. The number of halogens is 1. The molecule has 186 valence electrons. The third kappa shape index (κ3) is 6.21. The Kier molecular flexibility index (Phi) is 7.67. The minimum atomic E-state index is -3.60. The van der Waals surface area contributed by atoms with Crippen LogP contribution in [0.25, 0.3) is 0 Å². The van der Waals surface area contributed by atoms with Crippen LogP contribution in [0.5, 0.6) is 0 Å². The SMILES string of the molecule is CS(=O)(=O)N[C@@H](Cc1ccc(F)cc1)C(=O)N1CCC(Cn2cncn2)(C2CCCCC2)CC1. The number of hydrogen-bond acceptors (Lipinski definition) is 5. The van der Waals surface area contributed by atoms with Crippen molar-refractivity contribution in [3.63, 3.8) is 0 Å². The summed E-state index contributed by atoms with van der Waals surface area (Å²) in [7, 11) is -3.60. The molecule has 1 aliphatic carbocycles. The van der Waals surface area contributed by atoms with Gasteiger partial charge in [-0.05, 0) is 61.1 Å². The van der Waals surface area contributed by atoms with Gasteiger partial charge in [0, 0.05) is 19.6 Å². The Labute approximate surface area is 201 Å². The van der Waals surface area contributed by atoms with Gasteiger partial charge in [-0.25, -0.2) is 22.5 Å². The summed E-state index contributed by atoms with van der Waals surface area (Å²) in [5, 5.41) is 4.35. The van der Waals surface area contributed by atoms with E-state index in [1.807, 2.05) is 4.68 Å². The van der Waals surface area contributed by atoms with Gasteiger partial charge in [-0.3, -0.25) is 9.48 Å². The number of amides is 1. The van der Waals surface area contributed by atoms with E-state index in [1.165, 1.54) is 44.2 Å². The molecule has 1 N–H and O–H groups in total. The van der Waals surface area contributed by atoms with Crippen LogP contribution in [0.2, 0.25) is 0 Å². The molecule has 2 fully saturated rings. The van der Waals surface area contributed by atoms with Crippen LogP contribution in [0, 0.1) is 17.2 Å². The number of nitrogens with zero attached hydrogens (tertiary/aromatic N) is 4. The topological polar surface area (TPSA) is 97.2 Å². The minimum absolute atomic E-state index is 0.0572. The summed E-state index contributed by atoms with van der Waals surface area (Å²) in [4.78, 5) is 19.3. The lowest BCUT2D eigenvalue weighted by atomic mass is 9.63. The molecule has 0 bridgehead atoms. The van der Waals surface area contributed by atoms with Crippen LogP contribution in [-0.4, -0.2) is 59.4 Å². The van der Waals surface area contributed by atoms with Gasteiger partial charge in [-0.1, -0.05) is 31.4 Å². The largest absolute Gasteiger partial charge is 0.341 e. The van der Waals surface area contributed by atoms with Gasteiger partial charge in [0.15, 0.2) is 0 Å². The quantitative estimate of drug-likeness (QED) is 0.613. The summed E-state index contributed by atoms with van der Waals surface area (Å²) in [6, 6.07) is 4.89. The molecule has 0 radical (unpaired) electrons. The van der Waals surface area contributed by atoms with Gasteiger partial charge < -0.3 is 4.90 Å². The fourth-order valence-corrected chi connectivity index (χ4v) is 6.44. The molecule has 2 aromatic rings. The molecular formula is C24H34FN5O3S. The molecule has 10 heteroatoms. The van der Waals surface area contributed by atoms with Crippen molar-refractivity contribution in [1.29, 1.82) is 0 Å². The Hall–Kier alpha value is -2.33. The highest BCUT2D eigenvalue weighted by atomic mass is 32.2. The zero-order chi connectivity index (χ0) is 24.2. The van der Waals surface area contributed by atoms with E-state index in [-0.39, 0.29) is 23.6 Å². The monoisotopic (exact) mass is 491 g/mol. The first kappa shape index (κ1) is 24.8. The van der Waals surface area contributed by atoms with Crippen molar-refractivity contribution in [3.05, 3.63) is 48.3 Å². The van der Waals surface area contributed by atoms with Crippen LogP contribution in [-0.2, 0) is 27.8 Å². The van der Waals surface area contributed by atoms with Crippen molar-refractivity contribution in [2.75, 3.05) is 19.3 Å². The van der Waals surface area contributed by atoms with E-state index in [1.54, 1.807) is 29.7 Å². The number of hydrogen-bond donors (Lipinski definition) is 1. The van der Waals surface area contributed by atoms with Gasteiger partial charge in [0.2, 0.25) is 15.9 Å². The molecule has 1 atom stereocenters. The Morgan fingerprint density at radius 2 is 1.85 bits per heavy atom. The maximum atomic E-state index is 13.4. The lowest BCUT2D eigenvalue weighted by molar-refractivity contribution is -0.136. The highest BCUT2D eigenvalue weighted by molar-refractivity contribution is 7.88. The van der Waals surface area contributed by atoms with Crippen LogP contribution in [0.1, 0.15) is 50.5 Å². The average molecular weight is 492 g/mol. The molecule has 2 heterocycles. The third-order valence-corrected chi connectivity index (χ3v) is 8.21. The van der Waals surface area contributed by atoms with Gasteiger partial charge in [0.05, 0.1) is 6.26 Å². The second-order valence-corrected chi connectivity index (χ2v) is 11.7. The summed E-state index contributed by atoms with van der Waals surface area (Å²) in [5.41, 5.74) is 0.761. The van der Waals surface area contributed by atoms with E-state index in [2.05, 4.69) is 14.8 Å². The Bertz CT molecular complexity index is 1040. The van der Waals surface area contributed by atoms with Crippen molar-refractivity contribution < 1.29 is 17.6 Å². The number of benzene rings is 1. The zero-order valence-electron chi connectivity index (χ0n) is 19.7. The van der Waals surface area contributed by atoms with Gasteiger partial charge in [0.25, 0.3) is 0 Å². The predicted octanol–water partition coefficient (Wildman–Crippen LogP) is 2.77. The summed E-state index contributed by atoms with van der Waals surface area (Å²) in [6.45, 7) is 1.95. The van der Waals surface area contributed by atoms with Crippen LogP contribution < -0.4 is 4.72 Å². The third-order valence-electron chi connectivity index (χ3n) is 7.49. The molecule has 0 spiro atoms. The van der Waals surface area contributed by atoms with Crippen LogP contribution in [0.3, 0.4) is 0 Å². The maximum Gasteiger partial charge on any atom is 0.241 e. The summed E-state index contributed by atoms with van der Waals surface area (Å²) in [6.07, 6.45) is 12.4. The number of carbonyl (C=O) groups excluding carboxylic acids is 1. The number of carbonyl (C=O) groups is 1. The van der Waals surface area contributed by atoms with Crippen molar-refractivity contribution in [3.8, 4) is 0 Å². The lowest BCUT2D eigenvalue weighted by Gasteiger charge is -2.48. The number of rotatable bonds is 8. The number of piperidine rings is 1. The Balaban J connectivity index is 1.48. The molecule has 2 aliphatic rings. The number of nitrogens with one attached hydrogen (secondary N) is 1. The summed E-state index contributed by atoms with van der Waals surface area (Å²) >= 11 is 0. The summed E-state index contributed by atoms with van der Waals surface area (Å²) in [5.74, 6) is -0.00947. The van der Waals surface area contributed by atoms with E-state index in [0.717, 1.165) is 25.6 Å². The number of aromatic nitrogens is 3. The maximum absolute atomic E-state index is 13.4. The van der Waals surface area contributed by atoms with Crippen LogP contribution in [0.4, 0.5) is 4.39 Å². The van der Waals surface area contributed by atoms with Gasteiger partial charge in [0.1, 0.15) is 24.5 Å². The first-order chi connectivity index (χ1) is 16.2. The summed E-state index contributed by atoms with van der Waals surface area (Å²) < 4.78 is 41.7. The highest BCUT2D eigenvalue weighted by Gasteiger charge is 2.43. The van der Waals surface area contributed by atoms with Gasteiger partial charge in [-0.2, -0.15) is 5.10 Å². The molecule has 1 saturated carbocycles. The van der Waals surface area contributed by atoms with E-state index < -0.39 is 16.1 Å². The fraction of sp³-hybridized carbons (Fsp3) is 0.625. The van der Waals surface area contributed by atoms with E-state index >= 15 is 0 Å². The fourth-order valence-electron chi connectivity index (χ4n) is 5.73. The molecule has 0 unspecified atom stereocenters. The van der Waals surface area contributed by atoms with Gasteiger partial charge in [-0.15, -0.1) is 0 Å². The normalized spacial score (nSPS) is 20.2. The van der Waals surface area contributed by atoms with Crippen molar-refractivity contribution in [2.24, 2.45) is 11.3 Å². The second-order valence-electron chi connectivity index (χ2n) is 9.89. The van der Waals surface area contributed by atoms with E-state index in [4.69, 9.17) is 0 Å². The smallest absolute Gasteiger partial charge is 0.241 e. The molecule has 1 aliphatic heterocycles. The molecule has 1 saturated heterocycles. The van der Waals surface area contributed by atoms with Crippen LogP contribution >= 0.6 is 0 Å². The predicted molar refractivity (Wildman–Crippen MR) is 127 cm³/mol. The molecule has 1 aromatic carbocycles. The van der Waals surface area contributed by atoms with Gasteiger partial charge >= 0.3 is 0 Å². The molecule has 1 aromatic heterocycles. The minimum Gasteiger partial charge on any atom is -0.341 e. The van der Waals surface area contributed by atoms with Crippen molar-refractivity contribution >= 4 is 15.9 Å². The first-order valence-corrected chi connectivity index (χ1v) is 14.0. The molecule has 8 nitrogen and oxygen atoms in total. The van der Waals surface area contributed by atoms with Crippen molar-refractivity contribution in [2.45, 2.75) is 64.0 Å². The number of likely N-dealkylation sites (tertiary alicyclic amines) is 1. The average Bonchev–Trinajstić information content (AvgIpc) is 3.33.